The molecule has 2 rings (SSSR count). The van der Waals surface area contributed by atoms with E-state index in [0.29, 0.717) is 12.6 Å². The summed E-state index contributed by atoms with van der Waals surface area (Å²) in [6, 6.07) is 6.33. The highest BCUT2D eigenvalue weighted by Crippen LogP contribution is 2.31. The molecule has 1 atom stereocenters. The lowest BCUT2D eigenvalue weighted by molar-refractivity contribution is 0.283. The number of aromatic nitrogens is 1. The summed E-state index contributed by atoms with van der Waals surface area (Å²) in [7, 11) is 1.66. The Balaban J connectivity index is 2.09. The molecule has 0 saturated carbocycles. The monoisotopic (exact) mass is 292 g/mol. The quantitative estimate of drug-likeness (QED) is 0.849. The molecule has 4 nitrogen and oxygen atoms in total. The van der Waals surface area contributed by atoms with Crippen LogP contribution in [0, 0.1) is 0 Å². The van der Waals surface area contributed by atoms with Crippen molar-refractivity contribution in [2.75, 3.05) is 13.7 Å². The van der Waals surface area contributed by atoms with E-state index >= 15 is 0 Å². The predicted octanol–water partition coefficient (Wildman–Crippen LogP) is 3.40. The second-order valence-electron chi connectivity index (χ2n) is 4.40. The van der Waals surface area contributed by atoms with Crippen LogP contribution in [-0.2, 0) is 6.61 Å². The van der Waals surface area contributed by atoms with Crippen LogP contribution >= 0.6 is 11.3 Å². The Kier molecular flexibility index (Phi) is 5.38. The summed E-state index contributed by atoms with van der Waals surface area (Å²) in [6.07, 6.45) is 1.78. The standard InChI is InChI=1S/C15H20N2O2S/c1-4-16-11(2)12-5-6-13(14(9-12)18-3)19-10-15-17-7-8-20-15/h5-9,11,16H,4,10H2,1-3H3. The summed E-state index contributed by atoms with van der Waals surface area (Å²) in [6.45, 7) is 5.63. The van der Waals surface area contributed by atoms with Crippen LogP contribution in [0.15, 0.2) is 29.8 Å². The van der Waals surface area contributed by atoms with Crippen molar-refractivity contribution in [1.82, 2.24) is 10.3 Å². The molecule has 0 radical (unpaired) electrons. The van der Waals surface area contributed by atoms with Crippen molar-refractivity contribution in [2.45, 2.75) is 26.5 Å². The van der Waals surface area contributed by atoms with E-state index in [9.17, 15) is 0 Å². The molecular weight excluding hydrogens is 272 g/mol. The molecule has 5 heteroatoms. The smallest absolute Gasteiger partial charge is 0.161 e. The van der Waals surface area contributed by atoms with Crippen LogP contribution in [0.2, 0.25) is 0 Å². The highest BCUT2D eigenvalue weighted by atomic mass is 32.1. The topological polar surface area (TPSA) is 43.4 Å². The fourth-order valence-corrected chi connectivity index (χ4v) is 2.49. The summed E-state index contributed by atoms with van der Waals surface area (Å²) in [5.41, 5.74) is 1.19. The number of hydrogen-bond acceptors (Lipinski definition) is 5. The third-order valence-electron chi connectivity index (χ3n) is 3.03. The largest absolute Gasteiger partial charge is 0.493 e. The van der Waals surface area contributed by atoms with E-state index in [0.717, 1.165) is 23.1 Å². The minimum Gasteiger partial charge on any atom is -0.493 e. The maximum absolute atomic E-state index is 5.77. The Morgan fingerprint density at radius 2 is 2.20 bits per heavy atom. The minimum absolute atomic E-state index is 0.293. The molecule has 0 aliphatic rings. The van der Waals surface area contributed by atoms with Crippen molar-refractivity contribution < 1.29 is 9.47 Å². The summed E-state index contributed by atoms with van der Waals surface area (Å²) in [5.74, 6) is 1.50. The SMILES string of the molecule is CCNC(C)c1ccc(OCc2nccs2)c(OC)c1. The van der Waals surface area contributed by atoms with Crippen LogP contribution in [0.25, 0.3) is 0 Å². The molecule has 0 amide bonds. The van der Waals surface area contributed by atoms with Gasteiger partial charge < -0.3 is 14.8 Å². The Morgan fingerprint density at radius 1 is 1.35 bits per heavy atom. The van der Waals surface area contributed by atoms with Gasteiger partial charge in [-0.15, -0.1) is 11.3 Å². The van der Waals surface area contributed by atoms with Gasteiger partial charge >= 0.3 is 0 Å². The van der Waals surface area contributed by atoms with Crippen LogP contribution in [0.1, 0.15) is 30.5 Å². The molecule has 0 aliphatic carbocycles. The molecule has 0 spiro atoms. The predicted molar refractivity (Wildman–Crippen MR) is 81.5 cm³/mol. The molecule has 2 aromatic rings. The van der Waals surface area contributed by atoms with Crippen molar-refractivity contribution in [3.05, 3.63) is 40.3 Å². The Morgan fingerprint density at radius 3 is 2.85 bits per heavy atom. The number of rotatable bonds is 7. The highest BCUT2D eigenvalue weighted by Gasteiger charge is 2.10. The molecule has 1 aromatic carbocycles. The minimum atomic E-state index is 0.293. The number of thiazole rings is 1. The number of ether oxygens (including phenoxy) is 2. The van der Waals surface area contributed by atoms with Gasteiger partial charge in [0.15, 0.2) is 11.5 Å². The molecule has 108 valence electrons. The third-order valence-corrected chi connectivity index (χ3v) is 3.79. The van der Waals surface area contributed by atoms with Gasteiger partial charge in [-0.2, -0.15) is 0 Å². The second kappa shape index (κ2) is 7.26. The molecule has 1 aromatic heterocycles. The Hall–Kier alpha value is -1.59. The second-order valence-corrected chi connectivity index (χ2v) is 5.38. The van der Waals surface area contributed by atoms with Gasteiger partial charge in [-0.25, -0.2) is 4.98 Å². The van der Waals surface area contributed by atoms with Crippen LogP contribution in [-0.4, -0.2) is 18.6 Å². The highest BCUT2D eigenvalue weighted by molar-refractivity contribution is 7.09. The summed E-state index contributed by atoms with van der Waals surface area (Å²) in [4.78, 5) is 4.20. The van der Waals surface area contributed by atoms with Crippen molar-refractivity contribution in [2.24, 2.45) is 0 Å². The van der Waals surface area contributed by atoms with E-state index in [1.807, 2.05) is 17.5 Å². The molecule has 1 heterocycles. The van der Waals surface area contributed by atoms with Crippen molar-refractivity contribution in [3.8, 4) is 11.5 Å². The van der Waals surface area contributed by atoms with Gasteiger partial charge in [-0.05, 0) is 31.2 Å². The van der Waals surface area contributed by atoms with Gasteiger partial charge in [0, 0.05) is 17.6 Å². The first-order chi connectivity index (χ1) is 9.74. The van der Waals surface area contributed by atoms with E-state index < -0.39 is 0 Å². The normalized spacial score (nSPS) is 12.2. The average molecular weight is 292 g/mol. The average Bonchev–Trinajstić information content (AvgIpc) is 2.98. The van der Waals surface area contributed by atoms with E-state index in [1.54, 1.807) is 24.6 Å². The van der Waals surface area contributed by atoms with Gasteiger partial charge in [0.2, 0.25) is 0 Å². The van der Waals surface area contributed by atoms with E-state index in [-0.39, 0.29) is 0 Å². The van der Waals surface area contributed by atoms with Gasteiger partial charge in [0.05, 0.1) is 7.11 Å². The lowest BCUT2D eigenvalue weighted by Crippen LogP contribution is -2.17. The first-order valence-electron chi connectivity index (χ1n) is 6.67. The number of nitrogens with one attached hydrogen (secondary N) is 1. The number of benzene rings is 1. The molecule has 0 bridgehead atoms. The number of methoxy groups -OCH3 is 1. The molecular formula is C15H20N2O2S. The molecule has 1 N–H and O–H groups in total. The molecule has 20 heavy (non-hydrogen) atoms. The summed E-state index contributed by atoms with van der Waals surface area (Å²) < 4.78 is 11.2. The van der Waals surface area contributed by atoms with Crippen molar-refractivity contribution >= 4 is 11.3 Å². The van der Waals surface area contributed by atoms with Gasteiger partial charge in [0.25, 0.3) is 0 Å². The van der Waals surface area contributed by atoms with E-state index in [1.165, 1.54) is 5.56 Å². The van der Waals surface area contributed by atoms with Crippen LogP contribution in [0.3, 0.4) is 0 Å². The van der Waals surface area contributed by atoms with Gasteiger partial charge in [0.1, 0.15) is 11.6 Å². The first kappa shape index (κ1) is 14.8. The maximum atomic E-state index is 5.77. The third kappa shape index (κ3) is 3.71. The van der Waals surface area contributed by atoms with Crippen LogP contribution in [0.4, 0.5) is 0 Å². The fraction of sp³-hybridized carbons (Fsp3) is 0.400. The number of nitrogens with zero attached hydrogens (tertiary/aromatic N) is 1. The molecule has 0 aliphatic heterocycles. The fourth-order valence-electron chi connectivity index (χ4n) is 1.96. The van der Waals surface area contributed by atoms with E-state index in [2.05, 4.69) is 30.2 Å². The zero-order chi connectivity index (χ0) is 14.4. The summed E-state index contributed by atoms with van der Waals surface area (Å²) in [5, 5.41) is 6.28. The number of hydrogen-bond donors (Lipinski definition) is 1. The van der Waals surface area contributed by atoms with Gasteiger partial charge in [-0.3, -0.25) is 0 Å². The van der Waals surface area contributed by atoms with Gasteiger partial charge in [-0.1, -0.05) is 13.0 Å². The Bertz CT molecular complexity index is 529. The van der Waals surface area contributed by atoms with Crippen LogP contribution < -0.4 is 14.8 Å². The maximum Gasteiger partial charge on any atom is 0.161 e. The summed E-state index contributed by atoms with van der Waals surface area (Å²) >= 11 is 1.58. The lowest BCUT2D eigenvalue weighted by Gasteiger charge is -2.16. The Labute approximate surface area is 123 Å². The van der Waals surface area contributed by atoms with Crippen LogP contribution in [0.5, 0.6) is 11.5 Å². The molecule has 0 fully saturated rings. The lowest BCUT2D eigenvalue weighted by atomic mass is 10.1. The van der Waals surface area contributed by atoms with Crippen molar-refractivity contribution in [3.63, 3.8) is 0 Å². The first-order valence-corrected chi connectivity index (χ1v) is 7.55. The van der Waals surface area contributed by atoms with Crippen molar-refractivity contribution in [1.29, 1.82) is 0 Å². The zero-order valence-electron chi connectivity index (χ0n) is 12.1. The molecule has 0 saturated heterocycles. The zero-order valence-corrected chi connectivity index (χ0v) is 12.9. The van der Waals surface area contributed by atoms with E-state index in [4.69, 9.17) is 9.47 Å². The molecule has 1 unspecified atom stereocenters.